The minimum Gasteiger partial charge on any atom is -0.319 e. The molecule has 1 unspecified atom stereocenters. The monoisotopic (exact) mass is 153 g/mol. The third-order valence-corrected chi connectivity index (χ3v) is 1.10. The Kier molecular flexibility index (Phi) is 5.76. The van der Waals surface area contributed by atoms with Crippen LogP contribution in [-0.4, -0.2) is 12.0 Å². The Morgan fingerprint density at radius 1 is 1.88 bits per heavy atom. The number of thiol groups is 1. The highest BCUT2D eigenvalue weighted by Gasteiger charge is 1.92. The van der Waals surface area contributed by atoms with Crippen LogP contribution in [0, 0.1) is 0 Å². The van der Waals surface area contributed by atoms with Crippen molar-refractivity contribution in [2.45, 2.75) is 11.8 Å². The summed E-state index contributed by atoms with van der Waals surface area (Å²) in [6.45, 7) is 0.399. The van der Waals surface area contributed by atoms with Crippen LogP contribution in [0.3, 0.4) is 0 Å². The lowest BCUT2D eigenvalue weighted by Crippen LogP contribution is -2.13. The predicted molar refractivity (Wildman–Crippen MR) is 35.1 cm³/mol. The van der Waals surface area contributed by atoms with Gasteiger partial charge in [-0.1, -0.05) is 0 Å². The van der Waals surface area contributed by atoms with E-state index in [1.54, 1.807) is 0 Å². The fourth-order valence-corrected chi connectivity index (χ4v) is 0.496. The number of nitrogens with two attached hydrogens (primary N) is 1. The fourth-order valence-electron chi connectivity index (χ4n) is 0.211. The summed E-state index contributed by atoms with van der Waals surface area (Å²) in [7, 11) is -0.289. The van der Waals surface area contributed by atoms with Crippen LogP contribution >= 0.6 is 21.3 Å². The molecule has 3 nitrogen and oxygen atoms in total. The van der Waals surface area contributed by atoms with E-state index in [1.165, 1.54) is 0 Å². The smallest absolute Gasteiger partial charge is 0.319 e. The summed E-state index contributed by atoms with van der Waals surface area (Å²) in [6, 6.07) is 0. The predicted octanol–water partition coefficient (Wildman–Crippen LogP) is 0.814. The zero-order chi connectivity index (χ0) is 6.41. The van der Waals surface area contributed by atoms with Crippen molar-refractivity contribution >= 4 is 21.3 Å². The Morgan fingerprint density at radius 2 is 2.50 bits per heavy atom. The van der Waals surface area contributed by atoms with Gasteiger partial charge in [-0.25, -0.2) is 4.57 Å². The second kappa shape index (κ2) is 5.51. The molecule has 0 fully saturated rings. The Hall–Kier alpha value is 0.370. The first-order chi connectivity index (χ1) is 3.77. The molecular weight excluding hydrogens is 145 g/mol. The van der Waals surface area contributed by atoms with Gasteiger partial charge in [-0.3, -0.25) is 4.52 Å². The van der Waals surface area contributed by atoms with Crippen molar-refractivity contribution in [3.63, 3.8) is 0 Å². The summed E-state index contributed by atoms with van der Waals surface area (Å²) in [5.41, 5.74) is 5.21. The summed E-state index contributed by atoms with van der Waals surface area (Å²) < 4.78 is 14.0. The van der Waals surface area contributed by atoms with Gasteiger partial charge in [-0.15, -0.1) is 0 Å². The van der Waals surface area contributed by atoms with Gasteiger partial charge < -0.3 is 5.73 Å². The molecule has 0 radical (unpaired) electrons. The number of rotatable bonds is 4. The molecule has 48 valence electrons. The SMILES string of the molecule is NC(S)CCOP=O. The highest BCUT2D eigenvalue weighted by Crippen LogP contribution is 1.98. The maximum Gasteiger partial charge on any atom is 0.327 e. The van der Waals surface area contributed by atoms with E-state index in [0.29, 0.717) is 13.0 Å². The van der Waals surface area contributed by atoms with Gasteiger partial charge in [-0.2, -0.15) is 12.6 Å². The van der Waals surface area contributed by atoms with E-state index in [0.717, 1.165) is 0 Å². The van der Waals surface area contributed by atoms with E-state index in [9.17, 15) is 4.57 Å². The van der Waals surface area contributed by atoms with Gasteiger partial charge in [0, 0.05) is 5.37 Å². The van der Waals surface area contributed by atoms with Gasteiger partial charge in [0.25, 0.3) is 0 Å². The summed E-state index contributed by atoms with van der Waals surface area (Å²) >= 11 is 3.86. The molecule has 5 heteroatoms. The van der Waals surface area contributed by atoms with Crippen LogP contribution < -0.4 is 5.73 Å². The lowest BCUT2D eigenvalue weighted by molar-refractivity contribution is 0.334. The van der Waals surface area contributed by atoms with E-state index in [2.05, 4.69) is 17.2 Å². The number of hydrogen-bond donors (Lipinski definition) is 2. The standard InChI is InChI=1S/C3H8NO2PS/c4-3(8)1-2-6-7-5/h3,8H,1-2,4H2. The maximum atomic E-state index is 9.60. The molecule has 0 amide bonds. The number of hydrogen-bond acceptors (Lipinski definition) is 4. The molecule has 8 heavy (non-hydrogen) atoms. The topological polar surface area (TPSA) is 52.3 Å². The molecule has 0 aliphatic heterocycles. The van der Waals surface area contributed by atoms with Crippen molar-refractivity contribution in [3.05, 3.63) is 0 Å². The molecule has 0 bridgehead atoms. The molecular formula is C3H8NO2PS. The van der Waals surface area contributed by atoms with Crippen molar-refractivity contribution in [1.82, 2.24) is 0 Å². The first kappa shape index (κ1) is 8.37. The van der Waals surface area contributed by atoms with Crippen LogP contribution in [0.25, 0.3) is 0 Å². The largest absolute Gasteiger partial charge is 0.327 e. The van der Waals surface area contributed by atoms with E-state index >= 15 is 0 Å². The average molecular weight is 153 g/mol. The third-order valence-electron chi connectivity index (χ3n) is 0.558. The second-order valence-electron chi connectivity index (χ2n) is 1.26. The quantitative estimate of drug-likeness (QED) is 0.272. The van der Waals surface area contributed by atoms with Crippen LogP contribution in [-0.2, 0) is 9.09 Å². The molecule has 0 aliphatic carbocycles. The van der Waals surface area contributed by atoms with E-state index in [1.807, 2.05) is 0 Å². The lowest BCUT2D eigenvalue weighted by atomic mass is 10.5. The third kappa shape index (κ3) is 6.37. The average Bonchev–Trinajstić information content (AvgIpc) is 1.66. The fraction of sp³-hybridized carbons (Fsp3) is 1.00. The zero-order valence-corrected chi connectivity index (χ0v) is 6.07. The molecule has 0 saturated heterocycles. The van der Waals surface area contributed by atoms with Crippen molar-refractivity contribution < 1.29 is 9.09 Å². The molecule has 0 aromatic carbocycles. The molecule has 0 aromatic rings. The molecule has 0 spiro atoms. The Morgan fingerprint density at radius 3 is 2.88 bits per heavy atom. The van der Waals surface area contributed by atoms with Crippen molar-refractivity contribution in [2.75, 3.05) is 6.61 Å². The highest BCUT2D eigenvalue weighted by atomic mass is 32.1. The normalized spacial score (nSPS) is 14.2. The van der Waals surface area contributed by atoms with Crippen LogP contribution in [0.5, 0.6) is 0 Å². The summed E-state index contributed by atoms with van der Waals surface area (Å²) in [5.74, 6) is 0. The minimum absolute atomic E-state index is 0.170. The van der Waals surface area contributed by atoms with E-state index in [-0.39, 0.29) is 14.1 Å². The Bertz CT molecular complexity index is 70.3. The van der Waals surface area contributed by atoms with Crippen LogP contribution in [0.2, 0.25) is 0 Å². The molecule has 0 aliphatic rings. The first-order valence-electron chi connectivity index (χ1n) is 2.15. The van der Waals surface area contributed by atoms with Crippen molar-refractivity contribution in [3.8, 4) is 0 Å². The van der Waals surface area contributed by atoms with Gasteiger partial charge in [0.05, 0.1) is 6.61 Å². The van der Waals surface area contributed by atoms with Crippen molar-refractivity contribution in [2.24, 2.45) is 5.73 Å². The van der Waals surface area contributed by atoms with Gasteiger partial charge in [0.15, 0.2) is 0 Å². The first-order valence-corrected chi connectivity index (χ1v) is 3.40. The van der Waals surface area contributed by atoms with E-state index in [4.69, 9.17) is 5.73 Å². The molecule has 0 rings (SSSR count). The van der Waals surface area contributed by atoms with Crippen LogP contribution in [0.4, 0.5) is 0 Å². The lowest BCUT2D eigenvalue weighted by Gasteiger charge is -1.98. The summed E-state index contributed by atoms with van der Waals surface area (Å²) in [6.07, 6.45) is 0.623. The van der Waals surface area contributed by atoms with Gasteiger partial charge in [0.1, 0.15) is 0 Å². The van der Waals surface area contributed by atoms with E-state index < -0.39 is 0 Å². The van der Waals surface area contributed by atoms with Gasteiger partial charge in [-0.05, 0) is 6.42 Å². The molecule has 2 N–H and O–H groups in total. The highest BCUT2D eigenvalue weighted by molar-refractivity contribution is 7.80. The van der Waals surface area contributed by atoms with Crippen LogP contribution in [0.1, 0.15) is 6.42 Å². The summed E-state index contributed by atoms with van der Waals surface area (Å²) in [5, 5.41) is -0.170. The maximum absolute atomic E-state index is 9.60. The molecule has 1 atom stereocenters. The van der Waals surface area contributed by atoms with Gasteiger partial charge in [0.2, 0.25) is 0 Å². The van der Waals surface area contributed by atoms with Crippen molar-refractivity contribution in [1.29, 1.82) is 0 Å². The molecule has 0 heterocycles. The minimum atomic E-state index is -0.289. The molecule has 0 saturated carbocycles. The summed E-state index contributed by atoms with van der Waals surface area (Å²) in [4.78, 5) is 0. The Balaban J connectivity index is 2.81. The second-order valence-corrected chi connectivity index (χ2v) is 2.33. The van der Waals surface area contributed by atoms with Gasteiger partial charge >= 0.3 is 8.69 Å². The zero-order valence-electron chi connectivity index (χ0n) is 4.28. The van der Waals surface area contributed by atoms with Crippen LogP contribution in [0.15, 0.2) is 0 Å². The Labute approximate surface area is 55.3 Å². The molecule has 0 aromatic heterocycles.